The molecular weight excluding hydrogens is 391 g/mol. The van der Waals surface area contributed by atoms with Gasteiger partial charge in [-0.3, -0.25) is 4.99 Å². The van der Waals surface area contributed by atoms with Crippen LogP contribution in [0.3, 0.4) is 0 Å². The van der Waals surface area contributed by atoms with E-state index in [1.54, 1.807) is 27.0 Å². The van der Waals surface area contributed by atoms with E-state index in [0.29, 0.717) is 37.6 Å². The largest absolute Gasteiger partial charge is 0.416 e. The van der Waals surface area contributed by atoms with Gasteiger partial charge >= 0.3 is 6.18 Å². The van der Waals surface area contributed by atoms with Crippen molar-refractivity contribution in [3.05, 3.63) is 35.4 Å². The van der Waals surface area contributed by atoms with Crippen LogP contribution in [0.5, 0.6) is 0 Å². The molecule has 0 amide bonds. The lowest BCUT2D eigenvalue weighted by atomic mass is 9.96. The molecule has 28 heavy (non-hydrogen) atoms. The Morgan fingerprint density at radius 2 is 2.04 bits per heavy atom. The van der Waals surface area contributed by atoms with Gasteiger partial charge in [0.1, 0.15) is 0 Å². The molecule has 9 heteroatoms. The minimum Gasteiger partial charge on any atom is -0.356 e. The highest BCUT2D eigenvalue weighted by molar-refractivity contribution is 7.92. The van der Waals surface area contributed by atoms with Crippen molar-refractivity contribution in [1.82, 2.24) is 10.2 Å². The van der Waals surface area contributed by atoms with E-state index in [4.69, 9.17) is 0 Å². The highest BCUT2D eigenvalue weighted by Gasteiger charge is 2.41. The van der Waals surface area contributed by atoms with Crippen molar-refractivity contribution in [2.45, 2.75) is 44.0 Å². The van der Waals surface area contributed by atoms with Crippen LogP contribution in [-0.4, -0.2) is 56.5 Å². The summed E-state index contributed by atoms with van der Waals surface area (Å²) in [7, 11) is -1.50. The van der Waals surface area contributed by atoms with E-state index in [1.807, 2.05) is 11.8 Å². The molecule has 1 aromatic rings. The second-order valence-electron chi connectivity index (χ2n) is 7.79. The Morgan fingerprint density at radius 3 is 2.61 bits per heavy atom. The zero-order valence-electron chi connectivity index (χ0n) is 16.7. The molecule has 1 atom stereocenters. The van der Waals surface area contributed by atoms with Crippen LogP contribution in [0.4, 0.5) is 13.2 Å². The lowest BCUT2D eigenvalue weighted by Crippen LogP contribution is -2.57. The van der Waals surface area contributed by atoms with E-state index in [-0.39, 0.29) is 11.7 Å². The third-order valence-electron chi connectivity index (χ3n) is 5.20. The summed E-state index contributed by atoms with van der Waals surface area (Å²) in [5, 5.41) is 3.21. The van der Waals surface area contributed by atoms with E-state index in [1.165, 1.54) is 12.1 Å². The number of nitrogens with zero attached hydrogens (tertiary/aromatic N) is 2. The molecule has 1 N–H and O–H groups in total. The maximum Gasteiger partial charge on any atom is 0.416 e. The Hall–Kier alpha value is -1.77. The molecule has 1 heterocycles. The molecule has 1 aromatic carbocycles. The monoisotopic (exact) mass is 419 g/mol. The molecule has 0 aliphatic carbocycles. The fraction of sp³-hybridized carbons (Fsp3) is 0.632. The Bertz CT molecular complexity index is 820. The first-order valence-electron chi connectivity index (χ1n) is 9.22. The van der Waals surface area contributed by atoms with Gasteiger partial charge in [-0.2, -0.15) is 13.2 Å². The third kappa shape index (κ3) is 5.18. The van der Waals surface area contributed by atoms with E-state index >= 15 is 0 Å². The average Bonchev–Trinajstić information content (AvgIpc) is 2.60. The summed E-state index contributed by atoms with van der Waals surface area (Å²) in [6, 6.07) is 5.39. The average molecular weight is 420 g/mol. The van der Waals surface area contributed by atoms with Crippen molar-refractivity contribution in [2.75, 3.05) is 32.4 Å². The zero-order valence-corrected chi connectivity index (χ0v) is 17.5. The van der Waals surface area contributed by atoms with Gasteiger partial charge < -0.3 is 10.2 Å². The van der Waals surface area contributed by atoms with Gasteiger partial charge in [0, 0.05) is 26.7 Å². The minimum atomic E-state index is -4.35. The number of alkyl halides is 3. The molecule has 0 radical (unpaired) electrons. The summed E-state index contributed by atoms with van der Waals surface area (Å²) in [6.45, 7) is 6.53. The second kappa shape index (κ2) is 8.31. The Balaban J connectivity index is 1.95. The highest BCUT2D eigenvalue weighted by atomic mass is 32.2. The molecule has 1 aliphatic heterocycles. The van der Waals surface area contributed by atoms with Crippen LogP contribution in [0.1, 0.15) is 44.2 Å². The van der Waals surface area contributed by atoms with Gasteiger partial charge in [-0.15, -0.1) is 0 Å². The van der Waals surface area contributed by atoms with Crippen molar-refractivity contribution in [3.8, 4) is 0 Å². The van der Waals surface area contributed by atoms with Crippen molar-refractivity contribution < 1.29 is 21.6 Å². The summed E-state index contributed by atoms with van der Waals surface area (Å²) in [5.74, 6) is 0.617. The SMILES string of the molecule is CN=C(NCCC(C)c1cccc(C(F)(F)F)c1)N1CCS(=O)(=O)C(C)(C)C1. The van der Waals surface area contributed by atoms with Gasteiger partial charge in [0.05, 0.1) is 16.1 Å². The fourth-order valence-electron chi connectivity index (χ4n) is 3.25. The first-order valence-corrected chi connectivity index (χ1v) is 10.9. The molecular formula is C19H28F3N3O2S. The van der Waals surface area contributed by atoms with Crippen molar-refractivity contribution in [3.63, 3.8) is 0 Å². The lowest BCUT2D eigenvalue weighted by molar-refractivity contribution is -0.137. The minimum absolute atomic E-state index is 0.0638. The van der Waals surface area contributed by atoms with Gasteiger partial charge in [-0.05, 0) is 37.8 Å². The Labute approximate surface area is 164 Å². The van der Waals surface area contributed by atoms with E-state index in [2.05, 4.69) is 10.3 Å². The molecule has 2 rings (SSSR count). The summed E-state index contributed by atoms with van der Waals surface area (Å²) in [4.78, 5) is 6.14. The molecule has 1 saturated heterocycles. The predicted molar refractivity (Wildman–Crippen MR) is 105 cm³/mol. The van der Waals surface area contributed by atoms with E-state index in [0.717, 1.165) is 6.07 Å². The third-order valence-corrected chi connectivity index (χ3v) is 7.73. The van der Waals surface area contributed by atoms with Gasteiger partial charge in [0.2, 0.25) is 0 Å². The number of hydrogen-bond donors (Lipinski definition) is 1. The molecule has 1 aliphatic rings. The van der Waals surface area contributed by atoms with Crippen molar-refractivity contribution in [1.29, 1.82) is 0 Å². The maximum absolute atomic E-state index is 12.9. The number of hydrogen-bond acceptors (Lipinski definition) is 3. The van der Waals surface area contributed by atoms with Gasteiger partial charge in [0.15, 0.2) is 15.8 Å². The number of halogens is 3. The number of benzene rings is 1. The molecule has 0 spiro atoms. The van der Waals surface area contributed by atoms with Crippen LogP contribution in [0.15, 0.2) is 29.3 Å². The van der Waals surface area contributed by atoms with E-state index in [9.17, 15) is 21.6 Å². The Kier molecular flexibility index (Phi) is 6.68. The number of guanidine groups is 1. The maximum atomic E-state index is 12.9. The molecule has 0 saturated carbocycles. The van der Waals surface area contributed by atoms with Crippen molar-refractivity contribution in [2.24, 2.45) is 4.99 Å². The fourth-order valence-corrected chi connectivity index (χ4v) is 4.61. The number of aliphatic imine (C=N–C) groups is 1. The quantitative estimate of drug-likeness (QED) is 0.601. The van der Waals surface area contributed by atoms with Crippen LogP contribution in [0.25, 0.3) is 0 Å². The van der Waals surface area contributed by atoms with Crippen LogP contribution in [0, 0.1) is 0 Å². The molecule has 1 unspecified atom stereocenters. The first-order chi connectivity index (χ1) is 12.9. The summed E-state index contributed by atoms with van der Waals surface area (Å²) < 4.78 is 62.1. The molecule has 5 nitrogen and oxygen atoms in total. The molecule has 1 fully saturated rings. The van der Waals surface area contributed by atoms with Gasteiger partial charge in [-0.25, -0.2) is 8.42 Å². The zero-order chi connectivity index (χ0) is 21.2. The van der Waals surface area contributed by atoms with Crippen LogP contribution in [0.2, 0.25) is 0 Å². The smallest absolute Gasteiger partial charge is 0.356 e. The second-order valence-corrected chi connectivity index (χ2v) is 10.5. The van der Waals surface area contributed by atoms with Gasteiger partial charge in [0.25, 0.3) is 0 Å². The van der Waals surface area contributed by atoms with Crippen LogP contribution in [-0.2, 0) is 16.0 Å². The standard InChI is InChI=1S/C19H28F3N3O2S/c1-14(15-6-5-7-16(12-15)19(20,21)22)8-9-24-17(23-4)25-10-11-28(26,27)18(2,3)13-25/h5-7,12,14H,8-11,13H2,1-4H3,(H,23,24). The summed E-state index contributed by atoms with van der Waals surface area (Å²) >= 11 is 0. The van der Waals surface area contributed by atoms with Crippen LogP contribution >= 0.6 is 0 Å². The summed E-state index contributed by atoms with van der Waals surface area (Å²) in [5.41, 5.74) is -0.00538. The van der Waals surface area contributed by atoms with Gasteiger partial charge in [-0.1, -0.05) is 25.1 Å². The number of sulfone groups is 1. The first kappa shape index (κ1) is 22.5. The summed E-state index contributed by atoms with van der Waals surface area (Å²) in [6.07, 6.45) is -3.73. The topological polar surface area (TPSA) is 61.8 Å². The van der Waals surface area contributed by atoms with Crippen LogP contribution < -0.4 is 5.32 Å². The van der Waals surface area contributed by atoms with Crippen molar-refractivity contribution >= 4 is 15.8 Å². The number of nitrogens with one attached hydrogen (secondary N) is 1. The molecule has 0 aromatic heterocycles. The normalized spacial score (nSPS) is 20.7. The molecule has 0 bridgehead atoms. The molecule has 158 valence electrons. The predicted octanol–water partition coefficient (Wildman–Crippen LogP) is 3.28. The number of rotatable bonds is 4. The Morgan fingerprint density at radius 1 is 1.36 bits per heavy atom. The van der Waals surface area contributed by atoms with E-state index < -0.39 is 26.3 Å². The lowest BCUT2D eigenvalue weighted by Gasteiger charge is -2.39. The highest BCUT2D eigenvalue weighted by Crippen LogP contribution is 2.31.